The first kappa shape index (κ1) is 22.0. The van der Waals surface area contributed by atoms with Crippen molar-refractivity contribution in [3.63, 3.8) is 0 Å². The minimum Gasteiger partial charge on any atom is -0.465 e. The number of benzene rings is 1. The van der Waals surface area contributed by atoms with Gasteiger partial charge in [0.15, 0.2) is 5.11 Å². The van der Waals surface area contributed by atoms with Crippen LogP contribution < -0.4 is 5.32 Å². The zero-order valence-electron chi connectivity index (χ0n) is 18.1. The molecule has 1 saturated heterocycles. The lowest BCUT2D eigenvalue weighted by Crippen LogP contribution is -2.32. The molecule has 8 heteroatoms. The highest BCUT2D eigenvalue weighted by atomic mass is 32.1. The second-order valence-corrected chi connectivity index (χ2v) is 7.90. The van der Waals surface area contributed by atoms with Crippen LogP contribution in [-0.4, -0.2) is 52.9 Å². The van der Waals surface area contributed by atoms with Gasteiger partial charge >= 0.3 is 5.97 Å². The monoisotopic (exact) mass is 450 g/mol. The number of methoxy groups -OCH3 is 2. The van der Waals surface area contributed by atoms with E-state index in [2.05, 4.69) is 25.8 Å². The third-order valence-corrected chi connectivity index (χ3v) is 5.93. The van der Waals surface area contributed by atoms with Gasteiger partial charge in [0.1, 0.15) is 0 Å². The number of hydrogen-bond acceptors (Lipinski definition) is 5. The molecule has 2 atom stereocenters. The van der Waals surface area contributed by atoms with Crippen LogP contribution in [0.1, 0.15) is 40.3 Å². The quantitative estimate of drug-likeness (QED) is 0.319. The summed E-state index contributed by atoms with van der Waals surface area (Å²) in [6, 6.07) is 17.2. The van der Waals surface area contributed by atoms with Gasteiger partial charge in [-0.3, -0.25) is 4.98 Å². The molecule has 0 radical (unpaired) electrons. The number of pyridine rings is 1. The molecule has 3 aromatic rings. The summed E-state index contributed by atoms with van der Waals surface area (Å²) in [6.45, 7) is 1.41. The maximum atomic E-state index is 12.1. The summed E-state index contributed by atoms with van der Waals surface area (Å²) >= 11 is 5.72. The van der Waals surface area contributed by atoms with Crippen LogP contribution >= 0.6 is 12.2 Å². The number of aromatic nitrogens is 2. The molecular weight excluding hydrogens is 424 g/mol. The molecule has 0 bridgehead atoms. The molecule has 7 nitrogen and oxygen atoms in total. The van der Waals surface area contributed by atoms with Crippen LogP contribution in [0, 0.1) is 0 Å². The Hall–Kier alpha value is -3.23. The predicted molar refractivity (Wildman–Crippen MR) is 126 cm³/mol. The number of nitrogens with zero attached hydrogens (tertiary/aromatic N) is 3. The molecule has 3 heterocycles. The topological polar surface area (TPSA) is 68.6 Å². The molecule has 0 saturated carbocycles. The van der Waals surface area contributed by atoms with Crippen molar-refractivity contribution in [1.82, 2.24) is 19.8 Å². The van der Waals surface area contributed by atoms with E-state index in [0.717, 1.165) is 30.0 Å². The van der Waals surface area contributed by atoms with E-state index in [1.807, 2.05) is 48.7 Å². The lowest BCUT2D eigenvalue weighted by Gasteiger charge is -2.29. The summed E-state index contributed by atoms with van der Waals surface area (Å²) in [5.41, 5.74) is 3.35. The Morgan fingerprint density at radius 1 is 1.16 bits per heavy atom. The van der Waals surface area contributed by atoms with Crippen LogP contribution in [0.2, 0.25) is 0 Å². The number of nitrogens with one attached hydrogen (secondary N) is 1. The number of esters is 1. The standard InChI is InChI=1S/C24H26N4O3S/c1-30-15-7-14-28-22(21(26-24(28)32)19-10-3-4-12-25-19)20-11-6-13-27(20)18-9-5-8-17(16-18)23(29)31-2/h3-6,8-13,16,21-22H,7,14-15H2,1-2H3,(H,26,32). The SMILES string of the molecule is COCCCN1C(=S)NC(c2ccccn2)C1c1cccn1-c1cccc(C(=O)OC)c1. The van der Waals surface area contributed by atoms with Gasteiger partial charge in [0.25, 0.3) is 0 Å². The molecule has 32 heavy (non-hydrogen) atoms. The third-order valence-electron chi connectivity index (χ3n) is 5.57. The minimum absolute atomic E-state index is 0.0777. The van der Waals surface area contributed by atoms with Crippen molar-refractivity contribution in [3.8, 4) is 5.69 Å². The summed E-state index contributed by atoms with van der Waals surface area (Å²) in [5.74, 6) is -0.364. The Morgan fingerprint density at radius 3 is 2.78 bits per heavy atom. The Bertz CT molecular complexity index is 1090. The smallest absolute Gasteiger partial charge is 0.337 e. The average molecular weight is 451 g/mol. The van der Waals surface area contributed by atoms with E-state index >= 15 is 0 Å². The zero-order chi connectivity index (χ0) is 22.5. The van der Waals surface area contributed by atoms with Gasteiger partial charge in [0, 0.05) is 44.0 Å². The average Bonchev–Trinajstić information content (AvgIpc) is 3.44. The van der Waals surface area contributed by atoms with Crippen LogP contribution in [0.3, 0.4) is 0 Å². The highest BCUT2D eigenvalue weighted by Gasteiger charge is 2.40. The number of carbonyl (C=O) groups excluding carboxylic acids is 1. The Kier molecular flexibility index (Phi) is 6.82. The lowest BCUT2D eigenvalue weighted by atomic mass is 10.0. The number of carbonyl (C=O) groups is 1. The van der Waals surface area contributed by atoms with Crippen molar-refractivity contribution in [1.29, 1.82) is 0 Å². The van der Waals surface area contributed by atoms with Gasteiger partial charge in [-0.2, -0.15) is 0 Å². The molecule has 1 aromatic carbocycles. The van der Waals surface area contributed by atoms with Crippen molar-refractivity contribution in [2.45, 2.75) is 18.5 Å². The van der Waals surface area contributed by atoms with E-state index in [0.29, 0.717) is 17.3 Å². The summed E-state index contributed by atoms with van der Waals surface area (Å²) in [4.78, 5) is 18.9. The van der Waals surface area contributed by atoms with Crippen molar-refractivity contribution in [2.24, 2.45) is 0 Å². The molecule has 1 aliphatic rings. The Balaban J connectivity index is 1.76. The van der Waals surface area contributed by atoms with Crippen LogP contribution in [0.25, 0.3) is 5.69 Å². The van der Waals surface area contributed by atoms with E-state index in [-0.39, 0.29) is 18.1 Å². The molecule has 0 aliphatic carbocycles. The molecule has 1 fully saturated rings. The van der Waals surface area contributed by atoms with Gasteiger partial charge in [-0.15, -0.1) is 0 Å². The fourth-order valence-corrected chi connectivity index (χ4v) is 4.45. The Labute approximate surface area is 193 Å². The molecule has 0 amide bonds. The highest BCUT2D eigenvalue weighted by Crippen LogP contribution is 2.39. The van der Waals surface area contributed by atoms with Crippen molar-refractivity contribution < 1.29 is 14.3 Å². The fraction of sp³-hybridized carbons (Fsp3) is 0.292. The van der Waals surface area contributed by atoms with E-state index in [4.69, 9.17) is 21.7 Å². The van der Waals surface area contributed by atoms with Gasteiger partial charge in [0.05, 0.1) is 30.5 Å². The van der Waals surface area contributed by atoms with Gasteiger partial charge < -0.3 is 24.3 Å². The largest absolute Gasteiger partial charge is 0.465 e. The molecule has 4 rings (SSSR count). The van der Waals surface area contributed by atoms with Gasteiger partial charge in [-0.1, -0.05) is 12.1 Å². The summed E-state index contributed by atoms with van der Waals surface area (Å²) in [7, 11) is 3.09. The van der Waals surface area contributed by atoms with Gasteiger partial charge in [-0.05, 0) is 61.1 Å². The number of hydrogen-bond donors (Lipinski definition) is 1. The van der Waals surface area contributed by atoms with E-state index < -0.39 is 0 Å². The number of thiocarbonyl (C=S) groups is 1. The maximum Gasteiger partial charge on any atom is 0.337 e. The molecular formula is C24H26N4O3S. The second-order valence-electron chi connectivity index (χ2n) is 7.51. The van der Waals surface area contributed by atoms with E-state index in [1.54, 1.807) is 19.4 Å². The first-order valence-electron chi connectivity index (χ1n) is 10.5. The van der Waals surface area contributed by atoms with Crippen molar-refractivity contribution >= 4 is 23.3 Å². The number of rotatable bonds is 8. The number of ether oxygens (including phenoxy) is 2. The molecule has 2 unspecified atom stereocenters. The van der Waals surface area contributed by atoms with Crippen LogP contribution in [0.5, 0.6) is 0 Å². The van der Waals surface area contributed by atoms with Gasteiger partial charge in [-0.25, -0.2) is 4.79 Å². The second kappa shape index (κ2) is 9.93. The normalized spacial score (nSPS) is 17.9. The fourth-order valence-electron chi connectivity index (χ4n) is 4.12. The van der Waals surface area contributed by atoms with Crippen molar-refractivity contribution in [2.75, 3.05) is 27.4 Å². The van der Waals surface area contributed by atoms with Crippen LogP contribution in [0.4, 0.5) is 0 Å². The first-order chi connectivity index (χ1) is 15.6. The highest BCUT2D eigenvalue weighted by molar-refractivity contribution is 7.80. The van der Waals surface area contributed by atoms with Gasteiger partial charge in [0.2, 0.25) is 0 Å². The minimum atomic E-state index is -0.364. The zero-order valence-corrected chi connectivity index (χ0v) is 18.9. The summed E-state index contributed by atoms with van der Waals surface area (Å²) in [6.07, 6.45) is 4.64. The first-order valence-corrected chi connectivity index (χ1v) is 10.9. The molecule has 1 N–H and O–H groups in total. The van der Waals surface area contributed by atoms with Crippen molar-refractivity contribution in [3.05, 3.63) is 83.9 Å². The predicted octanol–water partition coefficient (Wildman–Crippen LogP) is 3.67. The summed E-state index contributed by atoms with van der Waals surface area (Å²) in [5, 5.41) is 4.16. The van der Waals surface area contributed by atoms with Crippen LogP contribution in [0.15, 0.2) is 67.0 Å². The maximum absolute atomic E-state index is 12.1. The molecule has 2 aromatic heterocycles. The van der Waals surface area contributed by atoms with E-state index in [9.17, 15) is 4.79 Å². The third kappa shape index (κ3) is 4.37. The van der Waals surface area contributed by atoms with Crippen LogP contribution in [-0.2, 0) is 9.47 Å². The summed E-state index contributed by atoms with van der Waals surface area (Å²) < 4.78 is 12.2. The molecule has 166 valence electrons. The molecule has 1 aliphatic heterocycles. The Morgan fingerprint density at radius 2 is 2.03 bits per heavy atom. The molecule has 0 spiro atoms. The van der Waals surface area contributed by atoms with E-state index in [1.165, 1.54) is 7.11 Å². The lowest BCUT2D eigenvalue weighted by molar-refractivity contribution is 0.0600.